The standard InChI is InChI=1S/C14H9N4O3/c15-13-9-3-1-2-4-10(9)16-14-17(13)11-6-5-8(18(19)20)7-12(11)21-14/h1-7,9,15H/q+1/t9-/m0/s1. The van der Waals surface area contributed by atoms with Gasteiger partial charge in [0.05, 0.1) is 11.0 Å². The third-order valence-corrected chi connectivity index (χ3v) is 3.55. The van der Waals surface area contributed by atoms with E-state index in [-0.39, 0.29) is 17.6 Å². The number of nitrogens with one attached hydrogen (secondary N) is 1. The van der Waals surface area contributed by atoms with Gasteiger partial charge in [-0.1, -0.05) is 23.2 Å². The van der Waals surface area contributed by atoms with Crippen LogP contribution in [0.5, 0.6) is 0 Å². The van der Waals surface area contributed by atoms with Gasteiger partial charge in [-0.3, -0.25) is 10.1 Å². The Balaban J connectivity index is 1.98. The third kappa shape index (κ3) is 1.57. The Morgan fingerprint density at radius 2 is 2.24 bits per heavy atom. The molecule has 21 heavy (non-hydrogen) atoms. The lowest BCUT2D eigenvalue weighted by atomic mass is 9.96. The molecule has 1 aliphatic heterocycles. The number of hydrogen-bond donors (Lipinski definition) is 1. The van der Waals surface area contributed by atoms with Gasteiger partial charge >= 0.3 is 6.01 Å². The number of nitro benzene ring substituents is 1. The second-order valence-electron chi connectivity index (χ2n) is 4.77. The molecular formula is C14H9N4O3+. The lowest BCUT2D eigenvalue weighted by Crippen LogP contribution is -2.50. The van der Waals surface area contributed by atoms with Crippen LogP contribution in [-0.2, 0) is 0 Å². The number of fused-ring (bicyclic) bond motifs is 4. The van der Waals surface area contributed by atoms with E-state index in [1.54, 1.807) is 10.6 Å². The SMILES string of the molecule is N=C1[C@H]2C=CC=CC2=Nc2oc3cc([N+](=O)[O-])ccc3[n+]21. The number of nitro groups is 1. The Hall–Kier alpha value is -3.09. The maximum atomic E-state index is 10.8. The van der Waals surface area contributed by atoms with Crippen LogP contribution in [0, 0.1) is 21.4 Å². The molecule has 0 saturated carbocycles. The summed E-state index contributed by atoms with van der Waals surface area (Å²) >= 11 is 0. The van der Waals surface area contributed by atoms with Gasteiger partial charge in [0, 0.05) is 6.07 Å². The summed E-state index contributed by atoms with van der Waals surface area (Å²) in [5.41, 5.74) is 1.63. The van der Waals surface area contributed by atoms with Crippen LogP contribution < -0.4 is 4.57 Å². The first kappa shape index (κ1) is 11.7. The van der Waals surface area contributed by atoms with E-state index < -0.39 is 4.92 Å². The molecule has 7 nitrogen and oxygen atoms in total. The van der Waals surface area contributed by atoms with Crippen LogP contribution in [0.4, 0.5) is 11.7 Å². The minimum Gasteiger partial charge on any atom is -0.397 e. The van der Waals surface area contributed by atoms with Crippen molar-refractivity contribution >= 4 is 34.3 Å². The molecule has 0 fully saturated rings. The summed E-state index contributed by atoms with van der Waals surface area (Å²) in [6.45, 7) is 0. The van der Waals surface area contributed by atoms with E-state index >= 15 is 0 Å². The Kier molecular flexibility index (Phi) is 2.20. The molecule has 0 unspecified atom stereocenters. The van der Waals surface area contributed by atoms with E-state index in [1.165, 1.54) is 12.1 Å². The summed E-state index contributed by atoms with van der Waals surface area (Å²) in [5.74, 6) is 0.103. The lowest BCUT2D eigenvalue weighted by Gasteiger charge is -2.14. The molecule has 0 bridgehead atoms. The highest BCUT2D eigenvalue weighted by molar-refractivity contribution is 6.13. The van der Waals surface area contributed by atoms with Gasteiger partial charge in [-0.2, -0.15) is 9.98 Å². The number of aromatic nitrogens is 1. The predicted octanol–water partition coefficient (Wildman–Crippen LogP) is 2.28. The number of aliphatic imine (C=N–C) groups is 1. The van der Waals surface area contributed by atoms with Gasteiger partial charge < -0.3 is 4.42 Å². The van der Waals surface area contributed by atoms with Gasteiger partial charge in [0.25, 0.3) is 11.5 Å². The van der Waals surface area contributed by atoms with E-state index in [2.05, 4.69) is 4.99 Å². The van der Waals surface area contributed by atoms with Gasteiger partial charge in [0.2, 0.25) is 0 Å². The number of hydrogen-bond acceptors (Lipinski definition) is 5. The van der Waals surface area contributed by atoms with E-state index in [9.17, 15) is 10.1 Å². The summed E-state index contributed by atoms with van der Waals surface area (Å²) in [4.78, 5) is 14.7. The average molecular weight is 281 g/mol. The van der Waals surface area contributed by atoms with Gasteiger partial charge in [0.1, 0.15) is 11.6 Å². The van der Waals surface area contributed by atoms with Crippen molar-refractivity contribution in [3.8, 4) is 0 Å². The first-order chi connectivity index (χ1) is 10.1. The largest absolute Gasteiger partial charge is 0.445 e. The average Bonchev–Trinajstić information content (AvgIpc) is 2.84. The molecule has 0 amide bonds. The van der Waals surface area contributed by atoms with Crippen molar-refractivity contribution in [2.45, 2.75) is 0 Å². The number of rotatable bonds is 1. The first-order valence-corrected chi connectivity index (χ1v) is 6.30. The Labute approximate surface area is 118 Å². The fourth-order valence-corrected chi connectivity index (χ4v) is 2.55. The van der Waals surface area contributed by atoms with E-state index in [4.69, 9.17) is 9.83 Å². The lowest BCUT2D eigenvalue weighted by molar-refractivity contribution is -0.522. The number of non-ortho nitro benzene ring substituents is 1. The maximum absolute atomic E-state index is 10.8. The zero-order chi connectivity index (χ0) is 14.6. The fourth-order valence-electron chi connectivity index (χ4n) is 2.55. The highest BCUT2D eigenvalue weighted by Gasteiger charge is 2.37. The Bertz CT molecular complexity index is 904. The molecule has 1 aliphatic carbocycles. The summed E-state index contributed by atoms with van der Waals surface area (Å²) in [5, 5.41) is 19.2. The molecular weight excluding hydrogens is 272 g/mol. The van der Waals surface area contributed by atoms with Crippen LogP contribution in [0.2, 0.25) is 0 Å². The minimum atomic E-state index is -0.478. The van der Waals surface area contributed by atoms with Crippen molar-refractivity contribution < 1.29 is 13.9 Å². The highest BCUT2D eigenvalue weighted by atomic mass is 16.6. The molecule has 102 valence electrons. The van der Waals surface area contributed by atoms with Crippen molar-refractivity contribution in [1.29, 1.82) is 5.41 Å². The first-order valence-electron chi connectivity index (χ1n) is 6.30. The normalized spacial score (nSPS) is 19.3. The van der Waals surface area contributed by atoms with Gasteiger partial charge in [-0.25, -0.2) is 0 Å². The molecule has 2 heterocycles. The summed E-state index contributed by atoms with van der Waals surface area (Å²) in [7, 11) is 0. The third-order valence-electron chi connectivity index (χ3n) is 3.55. The molecule has 7 heteroatoms. The minimum absolute atomic E-state index is 0.0504. The van der Waals surface area contributed by atoms with Crippen molar-refractivity contribution in [3.05, 3.63) is 52.6 Å². The monoisotopic (exact) mass is 281 g/mol. The summed E-state index contributed by atoms with van der Waals surface area (Å²) < 4.78 is 7.15. The molecule has 0 spiro atoms. The van der Waals surface area contributed by atoms with Crippen molar-refractivity contribution in [3.63, 3.8) is 0 Å². The quantitative estimate of drug-likeness (QED) is 0.493. The topological polar surface area (TPSA) is 96.4 Å². The van der Waals surface area contributed by atoms with E-state index in [1.807, 2.05) is 24.3 Å². The van der Waals surface area contributed by atoms with Crippen LogP contribution in [0.15, 0.2) is 51.9 Å². The van der Waals surface area contributed by atoms with Gasteiger partial charge in [-0.15, -0.1) is 0 Å². The molecule has 2 aromatic rings. The summed E-state index contributed by atoms with van der Waals surface area (Å²) in [6.07, 6.45) is 7.45. The van der Waals surface area contributed by atoms with Gasteiger partial charge in [0.15, 0.2) is 11.1 Å². The number of allylic oxidation sites excluding steroid dienone is 4. The molecule has 0 radical (unpaired) electrons. The zero-order valence-electron chi connectivity index (χ0n) is 10.7. The van der Waals surface area contributed by atoms with Crippen LogP contribution in [-0.4, -0.2) is 16.5 Å². The second-order valence-corrected chi connectivity index (χ2v) is 4.77. The Morgan fingerprint density at radius 3 is 3.05 bits per heavy atom. The van der Waals surface area contributed by atoms with E-state index in [0.717, 1.165) is 5.71 Å². The molecule has 0 saturated heterocycles. The smallest absolute Gasteiger partial charge is 0.397 e. The molecule has 1 aromatic heterocycles. The molecule has 1 aromatic carbocycles. The van der Waals surface area contributed by atoms with Crippen LogP contribution in [0.3, 0.4) is 0 Å². The number of nitrogens with zero attached hydrogens (tertiary/aromatic N) is 3. The number of oxazole rings is 1. The van der Waals surface area contributed by atoms with Crippen LogP contribution in [0.25, 0.3) is 11.1 Å². The molecule has 1 N–H and O–H groups in total. The zero-order valence-corrected chi connectivity index (χ0v) is 10.7. The van der Waals surface area contributed by atoms with Crippen LogP contribution in [0.1, 0.15) is 0 Å². The second kappa shape index (κ2) is 3.95. The predicted molar refractivity (Wildman–Crippen MR) is 75.1 cm³/mol. The Morgan fingerprint density at radius 1 is 1.38 bits per heavy atom. The van der Waals surface area contributed by atoms with Gasteiger partial charge in [-0.05, 0) is 12.1 Å². The number of benzene rings is 1. The summed E-state index contributed by atoms with van der Waals surface area (Å²) in [6, 6.07) is 4.59. The maximum Gasteiger partial charge on any atom is 0.445 e. The van der Waals surface area contributed by atoms with Crippen molar-refractivity contribution in [2.75, 3.05) is 0 Å². The fraction of sp³-hybridized carbons (Fsp3) is 0.0714. The molecule has 2 aliphatic rings. The highest BCUT2D eigenvalue weighted by Crippen LogP contribution is 2.28. The van der Waals surface area contributed by atoms with Crippen LogP contribution >= 0.6 is 0 Å². The van der Waals surface area contributed by atoms with Crippen molar-refractivity contribution in [2.24, 2.45) is 10.9 Å². The van der Waals surface area contributed by atoms with E-state index in [0.29, 0.717) is 16.9 Å². The molecule has 4 rings (SSSR count). The molecule has 1 atom stereocenters. The van der Waals surface area contributed by atoms with Crippen molar-refractivity contribution in [1.82, 2.24) is 0 Å².